The number of fused-ring (bicyclic) bond motifs is 1. The molecule has 0 radical (unpaired) electrons. The van der Waals surface area contributed by atoms with Gasteiger partial charge in [-0.25, -0.2) is 15.0 Å². The quantitative estimate of drug-likeness (QED) is 0.329. The first kappa shape index (κ1) is 19.8. The van der Waals surface area contributed by atoms with Crippen molar-refractivity contribution < 1.29 is 24.9 Å². The van der Waals surface area contributed by atoms with Gasteiger partial charge in [0.1, 0.15) is 47.7 Å². The van der Waals surface area contributed by atoms with E-state index in [4.69, 9.17) is 21.3 Å². The van der Waals surface area contributed by atoms with Gasteiger partial charge < -0.3 is 31.5 Å². The van der Waals surface area contributed by atoms with Crippen LogP contribution in [-0.4, -0.2) is 82.9 Å². The molecule has 1 aliphatic heterocycles. The molecule has 6 atom stereocenters. The lowest BCUT2D eigenvalue weighted by atomic mass is 10.1. The molecule has 1 fully saturated rings. The number of nitrogen functional groups attached to an aromatic ring is 1. The van der Waals surface area contributed by atoms with Crippen LogP contribution in [0.4, 0.5) is 5.82 Å². The minimum atomic E-state index is -1.16. The van der Waals surface area contributed by atoms with E-state index in [0.29, 0.717) is 29.1 Å². The number of aliphatic carboxylic acids is 1. The molecule has 3 heterocycles. The molecule has 0 aliphatic carbocycles. The van der Waals surface area contributed by atoms with Gasteiger partial charge in [0, 0.05) is 6.42 Å². The number of nitrogens with zero attached hydrogens (tertiary/aromatic N) is 4. The van der Waals surface area contributed by atoms with Gasteiger partial charge in [0.25, 0.3) is 0 Å². The normalized spacial score (nSPS) is 27.7. The van der Waals surface area contributed by atoms with Crippen LogP contribution >= 0.6 is 0 Å². The Morgan fingerprint density at radius 3 is 2.81 bits per heavy atom. The van der Waals surface area contributed by atoms with Crippen molar-refractivity contribution in [3.8, 4) is 0 Å². The van der Waals surface area contributed by atoms with E-state index in [0.717, 1.165) is 0 Å². The second-order valence-corrected chi connectivity index (χ2v) is 8.82. The monoisotopic (exact) mass is 399 g/mol. The molecule has 0 saturated carbocycles. The van der Waals surface area contributed by atoms with Crippen LogP contribution in [-0.2, 0) is 20.4 Å². The fraction of sp³-hybridized carbons (Fsp3) is 0.600. The van der Waals surface area contributed by atoms with Crippen LogP contribution in [0.15, 0.2) is 12.7 Å². The highest BCUT2D eigenvalue weighted by Gasteiger charge is 2.46. The molecule has 1 aliphatic rings. The maximum absolute atomic E-state index is 10.8. The molecule has 1 unspecified atom stereocenters. The Labute approximate surface area is 157 Å². The summed E-state index contributed by atoms with van der Waals surface area (Å²) in [7, 11) is -0.235. The zero-order chi connectivity index (χ0) is 19.7. The van der Waals surface area contributed by atoms with Crippen LogP contribution < -0.4 is 11.5 Å². The molecule has 12 heteroatoms. The van der Waals surface area contributed by atoms with Crippen molar-refractivity contribution in [3.05, 3.63) is 12.7 Å². The maximum Gasteiger partial charge on any atom is 0.320 e. The van der Waals surface area contributed by atoms with Crippen molar-refractivity contribution in [1.29, 1.82) is 0 Å². The summed E-state index contributed by atoms with van der Waals surface area (Å²) in [5.74, 6) is 0.254. The second-order valence-electron chi connectivity index (χ2n) is 6.51. The third kappa shape index (κ3) is 3.99. The lowest BCUT2D eigenvalue weighted by Gasteiger charge is -2.16. The highest BCUT2D eigenvalue weighted by Crippen LogP contribution is 2.32. The summed E-state index contributed by atoms with van der Waals surface area (Å²) in [5, 5.41) is 29.7. The smallest absolute Gasteiger partial charge is 0.320 e. The number of nitrogens with two attached hydrogens (primary N) is 2. The summed E-state index contributed by atoms with van der Waals surface area (Å²) < 4.78 is 7.41. The Hall–Kier alpha value is -1.99. The molecule has 148 valence electrons. The lowest BCUT2D eigenvalue weighted by molar-refractivity contribution is -0.138. The minimum absolute atomic E-state index is 0.216. The number of carbonyl (C=O) groups is 1. The van der Waals surface area contributed by atoms with E-state index in [9.17, 15) is 15.0 Å². The van der Waals surface area contributed by atoms with E-state index in [-0.39, 0.29) is 16.7 Å². The van der Waals surface area contributed by atoms with E-state index < -0.39 is 36.6 Å². The van der Waals surface area contributed by atoms with E-state index in [1.807, 2.05) is 6.26 Å². The molecular weight excluding hydrogens is 376 g/mol. The Balaban J connectivity index is 1.68. The summed E-state index contributed by atoms with van der Waals surface area (Å²) in [5.41, 5.74) is 12.1. The summed E-state index contributed by atoms with van der Waals surface area (Å²) >= 11 is 0. The van der Waals surface area contributed by atoms with E-state index >= 15 is 0 Å². The number of imidazole rings is 1. The number of carboxylic acids is 1. The van der Waals surface area contributed by atoms with Gasteiger partial charge >= 0.3 is 5.97 Å². The molecule has 11 nitrogen and oxygen atoms in total. The van der Waals surface area contributed by atoms with Crippen LogP contribution in [0.3, 0.4) is 0 Å². The predicted molar refractivity (Wildman–Crippen MR) is 98.9 cm³/mol. The largest absolute Gasteiger partial charge is 0.480 e. The number of aliphatic hydroxyl groups excluding tert-OH is 2. The highest BCUT2D eigenvalue weighted by atomic mass is 32.2. The third-order valence-electron chi connectivity index (χ3n) is 4.54. The number of rotatable bonds is 7. The van der Waals surface area contributed by atoms with Gasteiger partial charge in [-0.05, 0) is 10.9 Å². The van der Waals surface area contributed by atoms with Crippen molar-refractivity contribution in [1.82, 2.24) is 19.5 Å². The first-order valence-electron chi connectivity index (χ1n) is 8.31. The van der Waals surface area contributed by atoms with Crippen LogP contribution in [0, 0.1) is 0 Å². The van der Waals surface area contributed by atoms with E-state index in [2.05, 4.69) is 15.0 Å². The average molecular weight is 399 g/mol. The summed E-state index contributed by atoms with van der Waals surface area (Å²) in [6.45, 7) is 0. The number of carboxylic acid groups (broad SMARTS) is 1. The number of aliphatic hydroxyl groups is 2. The third-order valence-corrected chi connectivity index (χ3v) is 6.37. The molecule has 3 rings (SSSR count). The fourth-order valence-electron chi connectivity index (χ4n) is 2.97. The van der Waals surface area contributed by atoms with Gasteiger partial charge in [-0.1, -0.05) is 0 Å². The Morgan fingerprint density at radius 1 is 1.37 bits per heavy atom. The number of anilines is 1. The number of aromatic nitrogens is 4. The second kappa shape index (κ2) is 7.94. The molecule has 0 bridgehead atoms. The van der Waals surface area contributed by atoms with Gasteiger partial charge in [-0.3, -0.25) is 9.36 Å². The van der Waals surface area contributed by atoms with Gasteiger partial charge in [0.15, 0.2) is 17.7 Å². The molecule has 1 saturated heterocycles. The molecule has 2 aromatic rings. The Bertz CT molecular complexity index is 819. The molecular formula is C15H23N6O5S+. The van der Waals surface area contributed by atoms with E-state index in [1.165, 1.54) is 17.2 Å². The topological polar surface area (TPSA) is 183 Å². The van der Waals surface area contributed by atoms with Crippen molar-refractivity contribution >= 4 is 33.8 Å². The molecule has 0 amide bonds. The average Bonchev–Trinajstić information content (AvgIpc) is 3.17. The maximum atomic E-state index is 10.8. The van der Waals surface area contributed by atoms with Crippen LogP contribution in [0.2, 0.25) is 0 Å². The van der Waals surface area contributed by atoms with Gasteiger partial charge in [0.2, 0.25) is 0 Å². The molecule has 0 spiro atoms. The van der Waals surface area contributed by atoms with Crippen LogP contribution in [0.1, 0.15) is 12.6 Å². The van der Waals surface area contributed by atoms with Crippen LogP contribution in [0.5, 0.6) is 0 Å². The Kier molecular flexibility index (Phi) is 5.81. The molecule has 27 heavy (non-hydrogen) atoms. The Morgan fingerprint density at radius 2 is 2.11 bits per heavy atom. The molecule has 7 N–H and O–H groups in total. The van der Waals surface area contributed by atoms with Crippen molar-refractivity contribution in [2.24, 2.45) is 5.73 Å². The molecule has 2 aromatic heterocycles. The first-order valence-corrected chi connectivity index (χ1v) is 10.3. The number of hydrogen-bond acceptors (Lipinski definition) is 9. The van der Waals surface area contributed by atoms with Crippen LogP contribution in [0.25, 0.3) is 11.2 Å². The van der Waals surface area contributed by atoms with Gasteiger partial charge in [-0.2, -0.15) is 0 Å². The zero-order valence-corrected chi connectivity index (χ0v) is 15.5. The SMILES string of the molecule is C[S+](CC[C@@H](N)C(=O)O)C[C@@H]1O[C@H](n2cnc3c(N)ncnc32)[C@@H](O)[C@H]1O. The molecule has 0 aromatic carbocycles. The summed E-state index contributed by atoms with van der Waals surface area (Å²) in [4.78, 5) is 23.0. The van der Waals surface area contributed by atoms with Crippen molar-refractivity contribution in [2.75, 3.05) is 23.5 Å². The van der Waals surface area contributed by atoms with Crippen molar-refractivity contribution in [2.45, 2.75) is 37.0 Å². The van der Waals surface area contributed by atoms with Gasteiger partial charge in [0.05, 0.1) is 12.6 Å². The van der Waals surface area contributed by atoms with Crippen molar-refractivity contribution in [3.63, 3.8) is 0 Å². The summed E-state index contributed by atoms with van der Waals surface area (Å²) in [6, 6.07) is -0.907. The lowest BCUT2D eigenvalue weighted by Crippen LogP contribution is -2.37. The number of hydrogen-bond donors (Lipinski definition) is 5. The fourth-order valence-corrected chi connectivity index (χ4v) is 4.63. The standard InChI is InChI=1S/C15H22N6O5S/c1-27(3-2-7(16)15(24)25)4-8-10(22)11(23)14(26-8)21-6-20-9-12(17)18-5-19-13(9)21/h5-8,10-11,14,22-23H,2-4,16H2,1H3,(H2-,17,18,19,24,25)/p+1/t7-,8+,10+,11+,14+,27?/m1/s1. The number of ether oxygens (including phenoxy) is 1. The zero-order valence-electron chi connectivity index (χ0n) is 14.7. The highest BCUT2D eigenvalue weighted by molar-refractivity contribution is 7.96. The van der Waals surface area contributed by atoms with E-state index in [1.54, 1.807) is 0 Å². The van der Waals surface area contributed by atoms with Gasteiger partial charge in [-0.15, -0.1) is 0 Å². The first-order chi connectivity index (χ1) is 12.8. The minimum Gasteiger partial charge on any atom is -0.480 e. The predicted octanol–water partition coefficient (Wildman–Crippen LogP) is -1.92. The summed E-state index contributed by atoms with van der Waals surface area (Å²) in [6.07, 6.45) is 1.31.